The summed E-state index contributed by atoms with van der Waals surface area (Å²) >= 11 is 0. The molecule has 4 aromatic rings. The van der Waals surface area contributed by atoms with Crippen molar-refractivity contribution < 1.29 is 13.2 Å². The van der Waals surface area contributed by atoms with E-state index in [-0.39, 0.29) is 23.4 Å². The highest BCUT2D eigenvalue weighted by Crippen LogP contribution is 2.38. The number of nitrogen functional groups attached to an aromatic ring is 1. The number of aromatic amines is 1. The average Bonchev–Trinajstić information content (AvgIpc) is 3.34. The number of aromatic nitrogens is 3. The van der Waals surface area contributed by atoms with Crippen LogP contribution in [0.25, 0.3) is 22.0 Å². The number of carbonyl (C=O) groups is 1. The maximum absolute atomic E-state index is 13.4. The van der Waals surface area contributed by atoms with Crippen LogP contribution in [0.4, 0.5) is 5.82 Å². The van der Waals surface area contributed by atoms with E-state index < -0.39 is 15.9 Å². The van der Waals surface area contributed by atoms with Crippen molar-refractivity contribution in [1.29, 1.82) is 0 Å². The molecule has 3 heterocycles. The number of benzene rings is 1. The van der Waals surface area contributed by atoms with Gasteiger partial charge < -0.3 is 15.3 Å². The molecule has 0 aliphatic heterocycles. The second kappa shape index (κ2) is 8.14. The van der Waals surface area contributed by atoms with Crippen molar-refractivity contribution in [1.82, 2.24) is 19.3 Å². The second-order valence-electron chi connectivity index (χ2n) is 8.51. The number of fused-ring (bicyclic) bond motifs is 2. The van der Waals surface area contributed by atoms with E-state index in [0.29, 0.717) is 11.4 Å². The molecular weight excluding hydrogens is 454 g/mol. The van der Waals surface area contributed by atoms with Crippen LogP contribution in [0.5, 0.6) is 0 Å². The van der Waals surface area contributed by atoms with Gasteiger partial charge >= 0.3 is 0 Å². The fourth-order valence-electron chi connectivity index (χ4n) is 4.70. The number of nitrogens with one attached hydrogen (secondary N) is 2. The van der Waals surface area contributed by atoms with Gasteiger partial charge in [0.2, 0.25) is 10.0 Å². The molecule has 3 aromatic heterocycles. The van der Waals surface area contributed by atoms with Crippen LogP contribution in [-0.4, -0.2) is 35.1 Å². The molecule has 0 radical (unpaired) electrons. The molecule has 4 N–H and O–H groups in total. The predicted octanol–water partition coefficient (Wildman–Crippen LogP) is 2.20. The lowest BCUT2D eigenvalue weighted by atomic mass is 10.00. The van der Waals surface area contributed by atoms with Crippen LogP contribution in [0.3, 0.4) is 0 Å². The van der Waals surface area contributed by atoms with Gasteiger partial charge in [0.25, 0.3) is 11.5 Å². The van der Waals surface area contributed by atoms with Gasteiger partial charge in [-0.15, -0.1) is 0 Å². The lowest BCUT2D eigenvalue weighted by molar-refractivity contribution is 0.0974. The molecule has 0 saturated heterocycles. The standard InChI is InChI=1S/C24H23N5O4S/c1-34(32,33)28-24(31)22-21(17-6-3-8-27-23(17)30)18-11-15-4-2-5-16(15)12-19(18)29(22)13-14-7-9-26-20(25)10-14/h3,6-12H,2,4-5,13H2,1H3,(H2,25,26)(H,27,30)(H,28,31). The third kappa shape index (κ3) is 3.96. The van der Waals surface area contributed by atoms with Crippen LogP contribution in [0, 0.1) is 0 Å². The monoisotopic (exact) mass is 477 g/mol. The molecule has 10 heteroatoms. The normalized spacial score (nSPS) is 13.2. The highest BCUT2D eigenvalue weighted by Gasteiger charge is 2.28. The quantitative estimate of drug-likeness (QED) is 0.403. The van der Waals surface area contributed by atoms with E-state index in [1.165, 1.54) is 17.3 Å². The van der Waals surface area contributed by atoms with Crippen LogP contribution in [-0.2, 0) is 29.4 Å². The van der Waals surface area contributed by atoms with Crippen molar-refractivity contribution in [2.45, 2.75) is 25.8 Å². The third-order valence-electron chi connectivity index (χ3n) is 6.04. The number of amides is 1. The van der Waals surface area contributed by atoms with E-state index in [4.69, 9.17) is 5.73 Å². The summed E-state index contributed by atoms with van der Waals surface area (Å²) in [7, 11) is -3.85. The van der Waals surface area contributed by atoms with E-state index >= 15 is 0 Å². The number of carbonyl (C=O) groups excluding carboxylic acids is 1. The van der Waals surface area contributed by atoms with Crippen LogP contribution in [0.2, 0.25) is 0 Å². The van der Waals surface area contributed by atoms with Crippen molar-refractivity contribution in [3.63, 3.8) is 0 Å². The molecule has 0 unspecified atom stereocenters. The van der Waals surface area contributed by atoms with Crippen LogP contribution in [0.1, 0.15) is 33.6 Å². The SMILES string of the molecule is CS(=O)(=O)NC(=O)c1c(-c2ccc[nH]c2=O)c2cc3c(cc2n1Cc1ccnc(N)c1)CCC3. The summed E-state index contributed by atoms with van der Waals surface area (Å²) in [5.74, 6) is -0.476. The fourth-order valence-corrected chi connectivity index (χ4v) is 5.13. The minimum Gasteiger partial charge on any atom is -0.384 e. The van der Waals surface area contributed by atoms with Gasteiger partial charge in [-0.25, -0.2) is 18.1 Å². The smallest absolute Gasteiger partial charge is 0.282 e. The molecule has 0 saturated carbocycles. The molecule has 9 nitrogen and oxygen atoms in total. The molecule has 0 fully saturated rings. The van der Waals surface area contributed by atoms with Crippen molar-refractivity contribution >= 4 is 32.7 Å². The maximum atomic E-state index is 13.4. The summed E-state index contributed by atoms with van der Waals surface area (Å²) in [4.78, 5) is 32.9. The summed E-state index contributed by atoms with van der Waals surface area (Å²) < 4.78 is 27.8. The zero-order valence-corrected chi connectivity index (χ0v) is 19.3. The fraction of sp³-hybridized carbons (Fsp3) is 0.208. The number of H-pyrrole nitrogens is 1. The number of sulfonamides is 1. The Kier molecular flexibility index (Phi) is 5.24. The minimum atomic E-state index is -3.85. The van der Waals surface area contributed by atoms with E-state index in [1.54, 1.807) is 35.0 Å². The minimum absolute atomic E-state index is 0.0937. The van der Waals surface area contributed by atoms with Crippen molar-refractivity contribution in [3.8, 4) is 11.1 Å². The zero-order chi connectivity index (χ0) is 24.0. The maximum Gasteiger partial charge on any atom is 0.282 e. The molecular formula is C24H23N5O4S. The van der Waals surface area contributed by atoms with E-state index in [1.807, 2.05) is 12.1 Å². The first-order valence-electron chi connectivity index (χ1n) is 10.8. The van der Waals surface area contributed by atoms with Gasteiger partial charge in [0.1, 0.15) is 11.5 Å². The number of hydrogen-bond acceptors (Lipinski definition) is 6. The lowest BCUT2D eigenvalue weighted by Crippen LogP contribution is -2.32. The topological polar surface area (TPSA) is 140 Å². The summed E-state index contributed by atoms with van der Waals surface area (Å²) in [6.45, 7) is 0.235. The molecule has 1 aliphatic carbocycles. The third-order valence-corrected chi connectivity index (χ3v) is 6.60. The largest absolute Gasteiger partial charge is 0.384 e. The zero-order valence-electron chi connectivity index (χ0n) is 18.5. The van der Waals surface area contributed by atoms with Gasteiger partial charge in [0.05, 0.1) is 6.26 Å². The molecule has 0 atom stereocenters. The summed E-state index contributed by atoms with van der Waals surface area (Å²) in [6, 6.07) is 10.9. The van der Waals surface area contributed by atoms with Gasteiger partial charge in [0, 0.05) is 41.0 Å². The number of aryl methyl sites for hydroxylation is 2. The molecule has 0 bridgehead atoms. The molecule has 1 amide bonds. The Morgan fingerprint density at radius 3 is 2.68 bits per heavy atom. The first kappa shape index (κ1) is 21.9. The molecule has 5 rings (SSSR count). The van der Waals surface area contributed by atoms with E-state index in [9.17, 15) is 18.0 Å². The number of anilines is 1. The first-order chi connectivity index (χ1) is 16.2. The van der Waals surface area contributed by atoms with Gasteiger partial charge in [-0.3, -0.25) is 9.59 Å². The average molecular weight is 478 g/mol. The number of pyridine rings is 2. The Labute approximate surface area is 195 Å². The molecule has 0 spiro atoms. The first-order valence-corrected chi connectivity index (χ1v) is 12.7. The van der Waals surface area contributed by atoms with Crippen LogP contribution < -0.4 is 16.0 Å². The molecule has 174 valence electrons. The number of rotatable bonds is 5. The Morgan fingerprint density at radius 1 is 1.21 bits per heavy atom. The van der Waals surface area contributed by atoms with Crippen molar-refractivity contribution in [3.05, 3.63) is 81.5 Å². The Hall–Kier alpha value is -3.92. The van der Waals surface area contributed by atoms with Gasteiger partial charge in [-0.2, -0.15) is 0 Å². The summed E-state index contributed by atoms with van der Waals surface area (Å²) in [5.41, 5.74) is 10.2. The van der Waals surface area contributed by atoms with Crippen LogP contribution >= 0.6 is 0 Å². The molecule has 34 heavy (non-hydrogen) atoms. The molecule has 1 aromatic carbocycles. The van der Waals surface area contributed by atoms with Crippen molar-refractivity contribution in [2.75, 3.05) is 12.0 Å². The number of hydrogen-bond donors (Lipinski definition) is 3. The van der Waals surface area contributed by atoms with Gasteiger partial charge in [-0.05, 0) is 72.4 Å². The summed E-state index contributed by atoms with van der Waals surface area (Å²) in [5, 5.41) is 0.720. The number of nitrogens with two attached hydrogens (primary N) is 1. The van der Waals surface area contributed by atoms with E-state index in [2.05, 4.69) is 14.7 Å². The highest BCUT2D eigenvalue weighted by atomic mass is 32.2. The Bertz CT molecular complexity index is 1620. The second-order valence-corrected chi connectivity index (χ2v) is 10.3. The van der Waals surface area contributed by atoms with Gasteiger partial charge in [0.15, 0.2) is 0 Å². The lowest BCUT2D eigenvalue weighted by Gasteiger charge is -2.13. The predicted molar refractivity (Wildman–Crippen MR) is 130 cm³/mol. The Morgan fingerprint density at radius 2 is 1.97 bits per heavy atom. The summed E-state index contributed by atoms with van der Waals surface area (Å²) in [6.07, 6.45) is 6.87. The van der Waals surface area contributed by atoms with Crippen LogP contribution in [0.15, 0.2) is 53.6 Å². The number of nitrogens with zero attached hydrogens (tertiary/aromatic N) is 2. The Balaban J connectivity index is 1.87. The highest BCUT2D eigenvalue weighted by molar-refractivity contribution is 7.89. The van der Waals surface area contributed by atoms with Gasteiger partial charge in [-0.1, -0.05) is 0 Å². The molecule has 1 aliphatic rings. The van der Waals surface area contributed by atoms with E-state index in [0.717, 1.165) is 42.0 Å². The van der Waals surface area contributed by atoms with Crippen molar-refractivity contribution in [2.24, 2.45) is 0 Å².